The molecule has 0 aliphatic carbocycles. The van der Waals surface area contributed by atoms with Gasteiger partial charge in [-0.05, 0) is 31.5 Å². The standard InChI is InChI=1S/C20H24N4OS2/c1-12(2)26-19-23-17(22-10-13-7-5-6-8-21-13)16-14-9-20(3,4)25-11-15(14)27-18(16)24-19/h5-8,12H,9-11H2,1-4H3,(H,22,23,24). The molecule has 1 N–H and O–H groups in total. The largest absolute Gasteiger partial charge is 0.370 e. The maximum atomic E-state index is 6.01. The van der Waals surface area contributed by atoms with Gasteiger partial charge in [-0.15, -0.1) is 11.3 Å². The second kappa shape index (κ2) is 7.37. The number of thioether (sulfide) groups is 1. The summed E-state index contributed by atoms with van der Waals surface area (Å²) in [5, 5.41) is 5.92. The van der Waals surface area contributed by atoms with E-state index in [4.69, 9.17) is 14.7 Å². The molecule has 4 rings (SSSR count). The van der Waals surface area contributed by atoms with Crippen LogP contribution in [0.25, 0.3) is 10.2 Å². The Hall–Kier alpha value is -1.70. The number of pyridine rings is 1. The quantitative estimate of drug-likeness (QED) is 0.478. The van der Waals surface area contributed by atoms with E-state index >= 15 is 0 Å². The van der Waals surface area contributed by atoms with Crippen molar-refractivity contribution in [1.29, 1.82) is 0 Å². The summed E-state index contributed by atoms with van der Waals surface area (Å²) in [4.78, 5) is 16.4. The van der Waals surface area contributed by atoms with Crippen LogP contribution >= 0.6 is 23.1 Å². The molecule has 0 fully saturated rings. The van der Waals surface area contributed by atoms with Crippen molar-refractivity contribution in [1.82, 2.24) is 15.0 Å². The molecule has 0 bridgehead atoms. The van der Waals surface area contributed by atoms with Gasteiger partial charge in [-0.2, -0.15) is 0 Å². The molecule has 0 radical (unpaired) electrons. The molecule has 0 saturated heterocycles. The summed E-state index contributed by atoms with van der Waals surface area (Å²) in [6, 6.07) is 5.96. The minimum Gasteiger partial charge on any atom is -0.370 e. The van der Waals surface area contributed by atoms with Crippen LogP contribution < -0.4 is 5.32 Å². The number of nitrogens with zero attached hydrogens (tertiary/aromatic N) is 3. The Morgan fingerprint density at radius 1 is 1.30 bits per heavy atom. The van der Waals surface area contributed by atoms with Crippen LogP contribution in [0.3, 0.4) is 0 Å². The van der Waals surface area contributed by atoms with Crippen LogP contribution in [0.2, 0.25) is 0 Å². The van der Waals surface area contributed by atoms with Crippen LogP contribution in [0, 0.1) is 0 Å². The highest BCUT2D eigenvalue weighted by atomic mass is 32.2. The van der Waals surface area contributed by atoms with Gasteiger partial charge in [-0.25, -0.2) is 9.97 Å². The first kappa shape index (κ1) is 18.7. The predicted octanol–water partition coefficient (Wildman–Crippen LogP) is 5.05. The third-order valence-electron chi connectivity index (χ3n) is 4.41. The van der Waals surface area contributed by atoms with Crippen molar-refractivity contribution < 1.29 is 4.74 Å². The lowest BCUT2D eigenvalue weighted by molar-refractivity contribution is -0.0379. The molecular weight excluding hydrogens is 376 g/mol. The highest BCUT2D eigenvalue weighted by Gasteiger charge is 2.31. The highest BCUT2D eigenvalue weighted by Crippen LogP contribution is 2.41. The molecule has 4 heterocycles. The van der Waals surface area contributed by atoms with E-state index in [1.165, 1.54) is 10.4 Å². The van der Waals surface area contributed by atoms with E-state index in [1.807, 2.05) is 24.4 Å². The first-order chi connectivity index (χ1) is 12.9. The summed E-state index contributed by atoms with van der Waals surface area (Å²) < 4.78 is 6.01. The zero-order valence-corrected chi connectivity index (χ0v) is 17.7. The van der Waals surface area contributed by atoms with Crippen molar-refractivity contribution in [2.45, 2.75) is 63.3 Å². The van der Waals surface area contributed by atoms with E-state index < -0.39 is 0 Å². The molecule has 142 valence electrons. The molecule has 0 unspecified atom stereocenters. The highest BCUT2D eigenvalue weighted by molar-refractivity contribution is 7.99. The zero-order chi connectivity index (χ0) is 19.0. The van der Waals surface area contributed by atoms with Crippen LogP contribution in [-0.2, 0) is 24.3 Å². The van der Waals surface area contributed by atoms with Crippen molar-refractivity contribution in [2.75, 3.05) is 5.32 Å². The normalized spacial score (nSPS) is 15.9. The Morgan fingerprint density at radius 2 is 2.15 bits per heavy atom. The van der Waals surface area contributed by atoms with E-state index in [-0.39, 0.29) is 5.60 Å². The van der Waals surface area contributed by atoms with E-state index in [2.05, 4.69) is 38.0 Å². The van der Waals surface area contributed by atoms with Gasteiger partial charge in [0.1, 0.15) is 10.6 Å². The number of nitrogens with one attached hydrogen (secondary N) is 1. The molecule has 0 atom stereocenters. The molecule has 7 heteroatoms. The number of hydrogen-bond donors (Lipinski definition) is 1. The number of fused-ring (bicyclic) bond motifs is 3. The van der Waals surface area contributed by atoms with Gasteiger partial charge in [0.15, 0.2) is 5.16 Å². The SMILES string of the molecule is CC(C)Sc1nc(NCc2ccccn2)c2c3c(sc2n1)COC(C)(C)C3. The van der Waals surface area contributed by atoms with Gasteiger partial charge in [0.2, 0.25) is 0 Å². The topological polar surface area (TPSA) is 59.9 Å². The summed E-state index contributed by atoms with van der Waals surface area (Å²) in [5.41, 5.74) is 2.16. The fraction of sp³-hybridized carbons (Fsp3) is 0.450. The van der Waals surface area contributed by atoms with Gasteiger partial charge in [0.25, 0.3) is 0 Å². The minimum absolute atomic E-state index is 0.162. The Labute approximate surface area is 168 Å². The summed E-state index contributed by atoms with van der Waals surface area (Å²) in [6.07, 6.45) is 2.69. The van der Waals surface area contributed by atoms with E-state index in [0.29, 0.717) is 18.4 Å². The van der Waals surface area contributed by atoms with Gasteiger partial charge >= 0.3 is 0 Å². The maximum absolute atomic E-state index is 6.01. The number of rotatable bonds is 5. The van der Waals surface area contributed by atoms with Crippen LogP contribution in [0.4, 0.5) is 5.82 Å². The average Bonchev–Trinajstić information content (AvgIpc) is 2.96. The van der Waals surface area contributed by atoms with Gasteiger partial charge < -0.3 is 10.1 Å². The zero-order valence-electron chi connectivity index (χ0n) is 16.1. The molecular formula is C20H24N4OS2. The number of anilines is 1. The van der Waals surface area contributed by atoms with Crippen molar-refractivity contribution in [3.63, 3.8) is 0 Å². The first-order valence-corrected chi connectivity index (χ1v) is 10.9. The van der Waals surface area contributed by atoms with Gasteiger partial charge in [0, 0.05) is 22.7 Å². The minimum atomic E-state index is -0.162. The molecule has 0 spiro atoms. The van der Waals surface area contributed by atoms with Crippen LogP contribution in [0.5, 0.6) is 0 Å². The third kappa shape index (κ3) is 4.10. The fourth-order valence-corrected chi connectivity index (χ4v) is 5.06. The summed E-state index contributed by atoms with van der Waals surface area (Å²) in [6.45, 7) is 9.90. The molecule has 1 aliphatic rings. The summed E-state index contributed by atoms with van der Waals surface area (Å²) >= 11 is 3.42. The smallest absolute Gasteiger partial charge is 0.191 e. The lowest BCUT2D eigenvalue weighted by Crippen LogP contribution is -2.31. The van der Waals surface area contributed by atoms with Gasteiger partial charge in [0.05, 0.1) is 29.8 Å². The van der Waals surface area contributed by atoms with Crippen LogP contribution in [-0.4, -0.2) is 25.8 Å². The summed E-state index contributed by atoms with van der Waals surface area (Å²) in [7, 11) is 0. The predicted molar refractivity (Wildman–Crippen MR) is 113 cm³/mol. The Morgan fingerprint density at radius 3 is 2.89 bits per heavy atom. The van der Waals surface area contributed by atoms with E-state index in [0.717, 1.165) is 33.3 Å². The van der Waals surface area contributed by atoms with Crippen molar-refractivity contribution in [2.24, 2.45) is 0 Å². The molecule has 0 amide bonds. The van der Waals surface area contributed by atoms with Gasteiger partial charge in [-0.1, -0.05) is 31.7 Å². The number of ether oxygens (including phenoxy) is 1. The third-order valence-corrected chi connectivity index (χ3v) is 6.38. The molecule has 3 aromatic heterocycles. The second-order valence-corrected chi connectivity index (χ2v) is 10.2. The van der Waals surface area contributed by atoms with E-state index in [9.17, 15) is 0 Å². The van der Waals surface area contributed by atoms with Crippen LogP contribution in [0.1, 0.15) is 43.8 Å². The molecule has 1 aliphatic heterocycles. The second-order valence-electron chi connectivity index (χ2n) is 7.61. The maximum Gasteiger partial charge on any atom is 0.191 e. The Bertz CT molecular complexity index is 954. The van der Waals surface area contributed by atoms with Gasteiger partial charge in [-0.3, -0.25) is 4.98 Å². The van der Waals surface area contributed by atoms with Crippen LogP contribution in [0.15, 0.2) is 29.6 Å². The number of thiophene rings is 1. The molecule has 0 saturated carbocycles. The number of hydrogen-bond acceptors (Lipinski definition) is 7. The Kier molecular flexibility index (Phi) is 5.09. The number of aromatic nitrogens is 3. The molecule has 5 nitrogen and oxygen atoms in total. The van der Waals surface area contributed by atoms with Crippen molar-refractivity contribution in [3.05, 3.63) is 40.5 Å². The first-order valence-electron chi connectivity index (χ1n) is 9.18. The lowest BCUT2D eigenvalue weighted by Gasteiger charge is -2.30. The van der Waals surface area contributed by atoms with Crippen molar-refractivity contribution >= 4 is 39.1 Å². The summed E-state index contributed by atoms with van der Waals surface area (Å²) in [5.74, 6) is 0.906. The van der Waals surface area contributed by atoms with E-state index in [1.54, 1.807) is 23.1 Å². The molecule has 0 aromatic carbocycles. The lowest BCUT2D eigenvalue weighted by atomic mass is 9.94. The molecule has 27 heavy (non-hydrogen) atoms. The fourth-order valence-electron chi connectivity index (χ4n) is 3.19. The Balaban J connectivity index is 1.77. The molecule has 3 aromatic rings. The van der Waals surface area contributed by atoms with Crippen molar-refractivity contribution in [3.8, 4) is 0 Å². The average molecular weight is 401 g/mol. The monoisotopic (exact) mass is 400 g/mol.